The van der Waals surface area contributed by atoms with Crippen LogP contribution in [0.5, 0.6) is 0 Å². The minimum absolute atomic E-state index is 0.0775. The number of rotatable bonds is 4. The molecule has 2 N–H and O–H groups in total. The van der Waals surface area contributed by atoms with Crippen LogP contribution in [-0.4, -0.2) is 50.0 Å². The standard InChI is InChI=1S/C18H18ClN3O4S2/c19-16-4-2-1-3-15(16)17(23)21-18(27)20-13-5-7-14(8-6-13)28(24,25)22-9-11-26-12-10-22/h1-8H,9-12H2,(H2,20,21,23,27). The second-order valence-electron chi connectivity index (χ2n) is 5.93. The van der Waals surface area contributed by atoms with Crippen LogP contribution in [0.25, 0.3) is 0 Å². The number of nitrogens with zero attached hydrogens (tertiary/aromatic N) is 1. The van der Waals surface area contributed by atoms with Gasteiger partial charge in [-0.05, 0) is 48.6 Å². The van der Waals surface area contributed by atoms with E-state index in [1.54, 1.807) is 36.4 Å². The van der Waals surface area contributed by atoms with Crippen molar-refractivity contribution in [3.05, 3.63) is 59.1 Å². The van der Waals surface area contributed by atoms with Gasteiger partial charge in [0.15, 0.2) is 5.11 Å². The van der Waals surface area contributed by atoms with Gasteiger partial charge >= 0.3 is 0 Å². The van der Waals surface area contributed by atoms with Crippen LogP contribution in [0.3, 0.4) is 0 Å². The molecule has 1 amide bonds. The molecule has 28 heavy (non-hydrogen) atoms. The van der Waals surface area contributed by atoms with Crippen LogP contribution in [0.2, 0.25) is 5.02 Å². The van der Waals surface area contributed by atoms with E-state index in [4.69, 9.17) is 28.6 Å². The summed E-state index contributed by atoms with van der Waals surface area (Å²) in [6.07, 6.45) is 0. The Kier molecular flexibility index (Phi) is 6.63. The molecule has 0 unspecified atom stereocenters. The van der Waals surface area contributed by atoms with Crippen LogP contribution in [0.15, 0.2) is 53.4 Å². The molecule has 0 radical (unpaired) electrons. The molecule has 7 nitrogen and oxygen atoms in total. The van der Waals surface area contributed by atoms with Crippen molar-refractivity contribution >= 4 is 50.5 Å². The van der Waals surface area contributed by atoms with E-state index in [0.29, 0.717) is 42.6 Å². The molecule has 1 heterocycles. The number of carbonyl (C=O) groups excluding carboxylic acids is 1. The van der Waals surface area contributed by atoms with Crippen LogP contribution in [-0.2, 0) is 14.8 Å². The van der Waals surface area contributed by atoms with Gasteiger partial charge in [0.05, 0.1) is 28.7 Å². The van der Waals surface area contributed by atoms with Crippen LogP contribution >= 0.6 is 23.8 Å². The normalized spacial score (nSPS) is 15.0. The SMILES string of the molecule is O=C(NC(=S)Nc1ccc(S(=O)(=O)N2CCOCC2)cc1)c1ccccc1Cl. The van der Waals surface area contributed by atoms with Gasteiger partial charge in [0.25, 0.3) is 5.91 Å². The zero-order valence-electron chi connectivity index (χ0n) is 14.7. The number of sulfonamides is 1. The third-order valence-corrected chi connectivity index (χ3v) is 6.51. The molecule has 0 spiro atoms. The molecule has 1 aliphatic heterocycles. The van der Waals surface area contributed by atoms with Crippen molar-refractivity contribution in [2.24, 2.45) is 0 Å². The van der Waals surface area contributed by atoms with Gasteiger partial charge in [0, 0.05) is 18.8 Å². The monoisotopic (exact) mass is 439 g/mol. The van der Waals surface area contributed by atoms with Gasteiger partial charge in [-0.2, -0.15) is 4.31 Å². The molecule has 148 valence electrons. The maximum atomic E-state index is 12.6. The van der Waals surface area contributed by atoms with Crippen molar-refractivity contribution in [3.63, 3.8) is 0 Å². The molecule has 1 saturated heterocycles. The molecule has 0 saturated carbocycles. The molecule has 1 fully saturated rings. The number of nitrogens with one attached hydrogen (secondary N) is 2. The Morgan fingerprint density at radius 1 is 1.07 bits per heavy atom. The number of hydrogen-bond acceptors (Lipinski definition) is 5. The van der Waals surface area contributed by atoms with Crippen molar-refractivity contribution in [2.75, 3.05) is 31.6 Å². The van der Waals surface area contributed by atoms with Gasteiger partial charge in [-0.3, -0.25) is 10.1 Å². The summed E-state index contributed by atoms with van der Waals surface area (Å²) in [6, 6.07) is 12.8. The summed E-state index contributed by atoms with van der Waals surface area (Å²) < 4.78 is 31.8. The first-order valence-corrected chi connectivity index (χ1v) is 10.7. The van der Waals surface area contributed by atoms with E-state index < -0.39 is 15.9 Å². The Hall–Kier alpha value is -2.04. The van der Waals surface area contributed by atoms with E-state index in [9.17, 15) is 13.2 Å². The van der Waals surface area contributed by atoms with Crippen molar-refractivity contribution in [2.45, 2.75) is 4.90 Å². The first-order chi connectivity index (χ1) is 13.4. The van der Waals surface area contributed by atoms with E-state index in [0.717, 1.165) is 0 Å². The fourth-order valence-electron chi connectivity index (χ4n) is 2.62. The summed E-state index contributed by atoms with van der Waals surface area (Å²) in [5.41, 5.74) is 0.852. The van der Waals surface area contributed by atoms with Crippen LogP contribution in [0.1, 0.15) is 10.4 Å². The van der Waals surface area contributed by atoms with Crippen LogP contribution in [0.4, 0.5) is 5.69 Å². The molecule has 1 aliphatic rings. The van der Waals surface area contributed by atoms with Gasteiger partial charge in [0.2, 0.25) is 10.0 Å². The summed E-state index contributed by atoms with van der Waals surface area (Å²) in [5, 5.41) is 5.78. The molecule has 0 aliphatic carbocycles. The van der Waals surface area contributed by atoms with E-state index >= 15 is 0 Å². The summed E-state index contributed by atoms with van der Waals surface area (Å²) in [5.74, 6) is -0.436. The number of amides is 1. The highest BCUT2D eigenvalue weighted by Gasteiger charge is 2.26. The molecule has 0 atom stereocenters. The predicted molar refractivity (Wildman–Crippen MR) is 111 cm³/mol. The van der Waals surface area contributed by atoms with Crippen molar-refractivity contribution in [1.82, 2.24) is 9.62 Å². The Balaban J connectivity index is 1.63. The Morgan fingerprint density at radius 3 is 2.36 bits per heavy atom. The minimum atomic E-state index is -3.56. The predicted octanol–water partition coefficient (Wildman–Crippen LogP) is 2.49. The largest absolute Gasteiger partial charge is 0.379 e. The lowest BCUT2D eigenvalue weighted by atomic mass is 10.2. The maximum Gasteiger partial charge on any atom is 0.258 e. The van der Waals surface area contributed by atoms with E-state index in [1.165, 1.54) is 16.4 Å². The second-order valence-corrected chi connectivity index (χ2v) is 8.68. The number of halogens is 1. The number of anilines is 1. The zero-order valence-corrected chi connectivity index (χ0v) is 17.1. The third-order valence-electron chi connectivity index (χ3n) is 4.07. The van der Waals surface area contributed by atoms with E-state index in [2.05, 4.69) is 10.6 Å². The Morgan fingerprint density at radius 2 is 1.71 bits per heavy atom. The lowest BCUT2D eigenvalue weighted by molar-refractivity contribution is 0.0730. The summed E-state index contributed by atoms with van der Waals surface area (Å²) >= 11 is 11.1. The van der Waals surface area contributed by atoms with Crippen LogP contribution < -0.4 is 10.6 Å². The molecule has 2 aromatic rings. The molecule has 0 aromatic heterocycles. The highest BCUT2D eigenvalue weighted by molar-refractivity contribution is 7.89. The molecule has 3 rings (SSSR count). The third kappa shape index (κ3) is 4.86. The summed E-state index contributed by atoms with van der Waals surface area (Å²) in [6.45, 7) is 1.44. The molecule has 0 bridgehead atoms. The van der Waals surface area contributed by atoms with Crippen molar-refractivity contribution < 1.29 is 17.9 Å². The zero-order chi connectivity index (χ0) is 20.1. The number of morpholine rings is 1. The van der Waals surface area contributed by atoms with Gasteiger partial charge in [-0.25, -0.2) is 8.42 Å². The lowest BCUT2D eigenvalue weighted by Gasteiger charge is -2.26. The second kappa shape index (κ2) is 8.97. The van der Waals surface area contributed by atoms with Gasteiger partial charge < -0.3 is 10.1 Å². The number of hydrogen-bond donors (Lipinski definition) is 2. The average Bonchev–Trinajstić information content (AvgIpc) is 2.69. The topological polar surface area (TPSA) is 87.7 Å². The van der Waals surface area contributed by atoms with Gasteiger partial charge in [0.1, 0.15) is 0 Å². The number of thiocarbonyl (C=S) groups is 1. The highest BCUT2D eigenvalue weighted by Crippen LogP contribution is 2.19. The molecular formula is C18H18ClN3O4S2. The van der Waals surface area contributed by atoms with Crippen LogP contribution in [0, 0.1) is 0 Å². The fraction of sp³-hybridized carbons (Fsp3) is 0.222. The van der Waals surface area contributed by atoms with E-state index in [1.807, 2.05) is 0 Å². The van der Waals surface area contributed by atoms with Gasteiger partial charge in [-0.15, -0.1) is 0 Å². The summed E-state index contributed by atoms with van der Waals surface area (Å²) in [4.78, 5) is 12.4. The van der Waals surface area contributed by atoms with Gasteiger partial charge in [-0.1, -0.05) is 23.7 Å². The smallest absolute Gasteiger partial charge is 0.258 e. The first-order valence-electron chi connectivity index (χ1n) is 8.43. The minimum Gasteiger partial charge on any atom is -0.379 e. The molecule has 2 aromatic carbocycles. The maximum absolute atomic E-state index is 12.6. The van der Waals surface area contributed by atoms with E-state index in [-0.39, 0.29) is 10.0 Å². The number of benzene rings is 2. The first kappa shape index (κ1) is 20.7. The summed E-state index contributed by atoms with van der Waals surface area (Å²) in [7, 11) is -3.56. The molecule has 10 heteroatoms. The molecular weight excluding hydrogens is 422 g/mol. The fourth-order valence-corrected chi connectivity index (χ4v) is 4.46. The Labute approximate surface area is 173 Å². The van der Waals surface area contributed by atoms with Crippen molar-refractivity contribution in [3.8, 4) is 0 Å². The van der Waals surface area contributed by atoms with Crippen molar-refractivity contribution in [1.29, 1.82) is 0 Å². The number of ether oxygens (including phenoxy) is 1. The average molecular weight is 440 g/mol. The quantitative estimate of drug-likeness (QED) is 0.711. The Bertz CT molecular complexity index is 975. The highest BCUT2D eigenvalue weighted by atomic mass is 35.5. The lowest BCUT2D eigenvalue weighted by Crippen LogP contribution is -2.40. The number of carbonyl (C=O) groups is 1.